The zero-order valence-electron chi connectivity index (χ0n) is 15.3. The predicted octanol–water partition coefficient (Wildman–Crippen LogP) is 2.57. The number of aromatic nitrogens is 1. The van der Waals surface area contributed by atoms with Gasteiger partial charge in [0.2, 0.25) is 11.8 Å². The average Bonchev–Trinajstić information content (AvgIpc) is 2.56. The second-order valence-electron chi connectivity index (χ2n) is 6.50. The second-order valence-corrected chi connectivity index (χ2v) is 6.50. The highest BCUT2D eigenvalue weighted by Crippen LogP contribution is 2.25. The maximum atomic E-state index is 12.8. The molecule has 0 aliphatic heterocycles. The predicted molar refractivity (Wildman–Crippen MR) is 97.8 cm³/mol. The van der Waals surface area contributed by atoms with Gasteiger partial charge in [-0.25, -0.2) is 0 Å². The zero-order valence-corrected chi connectivity index (χ0v) is 15.3. The van der Waals surface area contributed by atoms with E-state index in [9.17, 15) is 27.6 Å². The lowest BCUT2D eigenvalue weighted by atomic mass is 10.1. The van der Waals surface area contributed by atoms with Gasteiger partial charge in [0.25, 0.3) is 5.56 Å². The van der Waals surface area contributed by atoms with Gasteiger partial charge in [0, 0.05) is 17.9 Å². The molecule has 0 aliphatic rings. The fourth-order valence-electron chi connectivity index (χ4n) is 2.50. The van der Waals surface area contributed by atoms with E-state index in [2.05, 4.69) is 10.6 Å². The monoisotopic (exact) mass is 395 g/mol. The Morgan fingerprint density at radius 2 is 1.71 bits per heavy atom. The molecule has 150 valence electrons. The van der Waals surface area contributed by atoms with Crippen LogP contribution in [0.3, 0.4) is 0 Å². The Bertz CT molecular complexity index is 903. The van der Waals surface area contributed by atoms with Crippen molar-refractivity contribution in [1.82, 2.24) is 9.88 Å². The number of rotatable bonds is 6. The summed E-state index contributed by atoms with van der Waals surface area (Å²) in [6.07, 6.45) is -3.48. The summed E-state index contributed by atoms with van der Waals surface area (Å²) in [4.78, 5) is 35.6. The van der Waals surface area contributed by atoms with E-state index in [-0.39, 0.29) is 18.4 Å². The van der Waals surface area contributed by atoms with Gasteiger partial charge in [0.05, 0.1) is 6.42 Å². The molecule has 28 heavy (non-hydrogen) atoms. The van der Waals surface area contributed by atoms with Gasteiger partial charge in [0.1, 0.15) is 12.1 Å². The topological polar surface area (TPSA) is 80.2 Å². The van der Waals surface area contributed by atoms with Gasteiger partial charge >= 0.3 is 6.18 Å². The van der Waals surface area contributed by atoms with Crippen molar-refractivity contribution in [3.05, 3.63) is 64.1 Å². The van der Waals surface area contributed by atoms with Crippen LogP contribution in [-0.2, 0) is 28.7 Å². The molecule has 0 spiro atoms. The Morgan fingerprint density at radius 3 is 2.29 bits per heavy atom. The van der Waals surface area contributed by atoms with Crippen LogP contribution in [0.5, 0.6) is 0 Å². The fourth-order valence-corrected chi connectivity index (χ4v) is 2.50. The molecule has 1 heterocycles. The van der Waals surface area contributed by atoms with Crippen LogP contribution in [0, 0.1) is 0 Å². The second kappa shape index (κ2) is 8.73. The van der Waals surface area contributed by atoms with Gasteiger partial charge in [-0.05, 0) is 43.7 Å². The van der Waals surface area contributed by atoms with E-state index in [4.69, 9.17) is 0 Å². The molecule has 0 saturated carbocycles. The van der Waals surface area contributed by atoms with Crippen molar-refractivity contribution in [2.45, 2.75) is 39.0 Å². The Hall–Kier alpha value is -3.10. The molecule has 2 amide bonds. The van der Waals surface area contributed by atoms with Crippen molar-refractivity contribution in [2.75, 3.05) is 5.32 Å². The number of carbonyl (C=O) groups is 2. The molecule has 2 rings (SSSR count). The van der Waals surface area contributed by atoms with Gasteiger partial charge in [-0.3, -0.25) is 14.4 Å². The molecule has 1 aromatic heterocycles. The number of nitrogens with one attached hydrogen (secondary N) is 2. The lowest BCUT2D eigenvalue weighted by Gasteiger charge is -2.11. The number of amides is 2. The van der Waals surface area contributed by atoms with Gasteiger partial charge in [-0.1, -0.05) is 12.1 Å². The lowest BCUT2D eigenvalue weighted by Crippen LogP contribution is -2.32. The molecule has 0 unspecified atom stereocenters. The number of hydrogen-bond donors (Lipinski definition) is 2. The first kappa shape index (κ1) is 21.2. The Labute approximate surface area is 159 Å². The summed E-state index contributed by atoms with van der Waals surface area (Å²) in [6.45, 7) is 3.15. The van der Waals surface area contributed by atoms with Gasteiger partial charge < -0.3 is 15.2 Å². The van der Waals surface area contributed by atoms with Crippen molar-refractivity contribution in [2.24, 2.45) is 0 Å². The minimum absolute atomic E-state index is 0.0327. The molecule has 0 atom stereocenters. The van der Waals surface area contributed by atoms with Crippen LogP contribution in [0.1, 0.15) is 25.0 Å². The van der Waals surface area contributed by atoms with Crippen LogP contribution in [0.25, 0.3) is 0 Å². The highest BCUT2D eigenvalue weighted by atomic mass is 19.4. The van der Waals surface area contributed by atoms with E-state index in [0.717, 1.165) is 17.8 Å². The van der Waals surface area contributed by atoms with E-state index < -0.39 is 29.8 Å². The number of benzene rings is 1. The van der Waals surface area contributed by atoms with Gasteiger partial charge in [0.15, 0.2) is 0 Å². The Balaban J connectivity index is 2.01. The first-order valence-electron chi connectivity index (χ1n) is 8.51. The molecule has 0 bridgehead atoms. The number of pyridine rings is 1. The van der Waals surface area contributed by atoms with E-state index in [0.29, 0.717) is 16.3 Å². The summed E-state index contributed by atoms with van der Waals surface area (Å²) in [5, 5.41) is 5.27. The summed E-state index contributed by atoms with van der Waals surface area (Å²) in [5.74, 6) is -0.776. The largest absolute Gasteiger partial charge is 0.421 e. The standard InChI is InChI=1S/C19H20F3N3O3/c1-12(2)23-16(26)10-13-5-7-14(8-6-13)24-17(27)11-25-9-3-4-15(18(25)28)19(20,21)22/h3-9,12H,10-11H2,1-2H3,(H,23,26)(H,24,27). The molecule has 2 aromatic rings. The number of hydrogen-bond acceptors (Lipinski definition) is 3. The minimum Gasteiger partial charge on any atom is -0.354 e. The normalized spacial score (nSPS) is 11.4. The van der Waals surface area contributed by atoms with Crippen LogP contribution in [0.15, 0.2) is 47.4 Å². The lowest BCUT2D eigenvalue weighted by molar-refractivity contribution is -0.139. The number of halogens is 3. The summed E-state index contributed by atoms with van der Waals surface area (Å²) >= 11 is 0. The van der Waals surface area contributed by atoms with E-state index in [1.54, 1.807) is 24.3 Å². The number of anilines is 1. The molecule has 9 heteroatoms. The van der Waals surface area contributed by atoms with Crippen molar-refractivity contribution < 1.29 is 22.8 Å². The third-order valence-electron chi connectivity index (χ3n) is 3.69. The molecule has 1 aromatic carbocycles. The smallest absolute Gasteiger partial charge is 0.354 e. The summed E-state index contributed by atoms with van der Waals surface area (Å²) < 4.78 is 39.0. The molecular formula is C19H20F3N3O3. The van der Waals surface area contributed by atoms with Crippen molar-refractivity contribution in [3.63, 3.8) is 0 Å². The van der Waals surface area contributed by atoms with Crippen LogP contribution in [0.4, 0.5) is 18.9 Å². The van der Waals surface area contributed by atoms with E-state index >= 15 is 0 Å². The van der Waals surface area contributed by atoms with E-state index in [1.165, 1.54) is 0 Å². The van der Waals surface area contributed by atoms with Gasteiger partial charge in [-0.2, -0.15) is 13.2 Å². The zero-order chi connectivity index (χ0) is 20.9. The first-order chi connectivity index (χ1) is 13.1. The van der Waals surface area contributed by atoms with E-state index in [1.807, 2.05) is 13.8 Å². The van der Waals surface area contributed by atoms with Crippen molar-refractivity contribution in [3.8, 4) is 0 Å². The number of alkyl halides is 3. The quantitative estimate of drug-likeness (QED) is 0.789. The first-order valence-corrected chi connectivity index (χ1v) is 8.51. The maximum Gasteiger partial charge on any atom is 0.421 e. The van der Waals surface area contributed by atoms with Crippen molar-refractivity contribution >= 4 is 17.5 Å². The number of carbonyl (C=O) groups excluding carboxylic acids is 2. The Kier molecular flexibility index (Phi) is 6.61. The molecule has 0 fully saturated rings. The Morgan fingerprint density at radius 1 is 1.07 bits per heavy atom. The third-order valence-corrected chi connectivity index (χ3v) is 3.69. The summed E-state index contributed by atoms with van der Waals surface area (Å²) in [5.41, 5.74) is -1.47. The molecule has 0 saturated heterocycles. The molecule has 0 radical (unpaired) electrons. The SMILES string of the molecule is CC(C)NC(=O)Cc1ccc(NC(=O)Cn2cccc(C(F)(F)F)c2=O)cc1. The molecule has 2 N–H and O–H groups in total. The maximum absolute atomic E-state index is 12.8. The van der Waals surface area contributed by atoms with Crippen LogP contribution >= 0.6 is 0 Å². The third kappa shape index (κ3) is 5.97. The molecular weight excluding hydrogens is 375 g/mol. The summed E-state index contributed by atoms with van der Waals surface area (Å²) in [7, 11) is 0. The fraction of sp³-hybridized carbons (Fsp3) is 0.316. The molecule has 0 aliphatic carbocycles. The summed E-state index contributed by atoms with van der Waals surface area (Å²) in [6, 6.07) is 8.23. The van der Waals surface area contributed by atoms with Gasteiger partial charge in [-0.15, -0.1) is 0 Å². The number of nitrogens with zero attached hydrogens (tertiary/aromatic N) is 1. The van der Waals surface area contributed by atoms with Crippen LogP contribution < -0.4 is 16.2 Å². The average molecular weight is 395 g/mol. The van der Waals surface area contributed by atoms with Crippen LogP contribution in [0.2, 0.25) is 0 Å². The highest BCUT2D eigenvalue weighted by molar-refractivity contribution is 5.90. The van der Waals surface area contributed by atoms with Crippen molar-refractivity contribution in [1.29, 1.82) is 0 Å². The minimum atomic E-state index is -4.78. The van der Waals surface area contributed by atoms with Crippen LogP contribution in [-0.4, -0.2) is 22.4 Å². The highest BCUT2D eigenvalue weighted by Gasteiger charge is 2.34. The molecule has 6 nitrogen and oxygen atoms in total.